The summed E-state index contributed by atoms with van der Waals surface area (Å²) in [6, 6.07) is 15.1. The number of benzene rings is 2. The highest BCUT2D eigenvalue weighted by Gasteiger charge is 2.27. The van der Waals surface area contributed by atoms with Crippen LogP contribution >= 0.6 is 11.8 Å². The summed E-state index contributed by atoms with van der Waals surface area (Å²) >= 11 is 1.41. The molecule has 0 radical (unpaired) electrons. The fraction of sp³-hybridized carbons (Fsp3) is 0.167. The first kappa shape index (κ1) is 15.5. The minimum atomic E-state index is -0.216. The third-order valence-corrected chi connectivity index (χ3v) is 4.64. The highest BCUT2D eigenvalue weighted by atomic mass is 32.2. The number of thioether (sulfide) groups is 1. The number of carbonyl (C=O) groups excluding carboxylic acids is 1. The third-order valence-electron chi connectivity index (χ3n) is 3.61. The minimum absolute atomic E-state index is 0.138. The van der Waals surface area contributed by atoms with E-state index in [9.17, 15) is 9.90 Å². The van der Waals surface area contributed by atoms with Crippen LogP contribution in [0.2, 0.25) is 0 Å². The molecule has 2 aromatic rings. The van der Waals surface area contributed by atoms with Crippen molar-refractivity contribution in [3.05, 3.63) is 64.6 Å². The molecule has 0 spiro atoms. The first-order chi connectivity index (χ1) is 11.2. The minimum Gasteiger partial charge on any atom is -0.507 e. The lowest BCUT2D eigenvalue weighted by molar-refractivity contribution is -0.116. The topological polar surface area (TPSA) is 61.4 Å². The number of phenolic OH excluding ortho intramolecular Hbond substituents is 1. The predicted molar refractivity (Wildman–Crippen MR) is 95.0 cm³/mol. The average molecular weight is 326 g/mol. The van der Waals surface area contributed by atoms with Crippen LogP contribution in [-0.4, -0.2) is 16.5 Å². The molecule has 1 saturated heterocycles. The van der Waals surface area contributed by atoms with Gasteiger partial charge in [-0.15, -0.1) is 0 Å². The van der Waals surface area contributed by atoms with Crippen LogP contribution in [0.1, 0.15) is 18.1 Å². The average Bonchev–Trinajstić information content (AvgIpc) is 2.90. The van der Waals surface area contributed by atoms with Crippen LogP contribution in [0.4, 0.5) is 5.69 Å². The molecule has 1 aliphatic heterocycles. The third kappa shape index (κ3) is 3.68. The maximum atomic E-state index is 12.1. The van der Waals surface area contributed by atoms with Gasteiger partial charge in [-0.05, 0) is 36.3 Å². The molecule has 4 nitrogen and oxygen atoms in total. The molecule has 3 N–H and O–H groups in total. The Morgan fingerprint density at radius 2 is 1.96 bits per heavy atom. The summed E-state index contributed by atoms with van der Waals surface area (Å²) in [4.78, 5) is 12.6. The van der Waals surface area contributed by atoms with E-state index < -0.39 is 0 Å². The lowest BCUT2D eigenvalue weighted by atomic mass is 10.1. The molecule has 5 heteroatoms. The van der Waals surface area contributed by atoms with Crippen molar-refractivity contribution in [2.75, 3.05) is 5.32 Å². The molecule has 1 atom stereocenters. The first-order valence-corrected chi connectivity index (χ1v) is 8.36. The summed E-state index contributed by atoms with van der Waals surface area (Å²) in [6.07, 6.45) is 2.71. The number of rotatable bonds is 4. The van der Waals surface area contributed by atoms with E-state index in [2.05, 4.69) is 29.7 Å². The molecule has 1 heterocycles. The standard InChI is InChI=1S/C18H18N2O2S/c1-2-12-7-9-14(10-8-12)19-18-20-17(22)16(23-18)11-13-5-3-4-6-15(13)21/h3-11,18-19,21H,2H2,1H3,(H,20,22)/b16-11-/t18-/m0/s1. The summed E-state index contributed by atoms with van der Waals surface area (Å²) in [6.45, 7) is 2.12. The number of nitrogens with one attached hydrogen (secondary N) is 2. The summed E-state index contributed by atoms with van der Waals surface area (Å²) in [5.41, 5.74) is 2.66. The lowest BCUT2D eigenvalue weighted by Crippen LogP contribution is -2.30. The zero-order valence-corrected chi connectivity index (χ0v) is 13.6. The molecule has 2 aromatic carbocycles. The van der Waals surface area contributed by atoms with Crippen LogP contribution in [0.5, 0.6) is 5.75 Å². The monoisotopic (exact) mass is 326 g/mol. The Balaban J connectivity index is 1.70. The smallest absolute Gasteiger partial charge is 0.260 e. The Morgan fingerprint density at radius 1 is 1.22 bits per heavy atom. The molecule has 0 aromatic heterocycles. The molecule has 23 heavy (non-hydrogen) atoms. The molecule has 0 saturated carbocycles. The van der Waals surface area contributed by atoms with Gasteiger partial charge in [0.1, 0.15) is 5.75 Å². The second kappa shape index (κ2) is 6.79. The van der Waals surface area contributed by atoms with Crippen molar-refractivity contribution in [2.24, 2.45) is 0 Å². The van der Waals surface area contributed by atoms with Gasteiger partial charge in [-0.2, -0.15) is 0 Å². The number of aryl methyl sites for hydroxylation is 1. The van der Waals surface area contributed by atoms with Crippen LogP contribution in [0, 0.1) is 0 Å². The largest absolute Gasteiger partial charge is 0.507 e. The van der Waals surface area contributed by atoms with Gasteiger partial charge in [0.15, 0.2) is 5.50 Å². The Morgan fingerprint density at radius 3 is 2.65 bits per heavy atom. The molecule has 118 valence electrons. The summed E-state index contributed by atoms with van der Waals surface area (Å²) in [5, 5.41) is 16.0. The fourth-order valence-corrected chi connectivity index (χ4v) is 3.28. The summed E-state index contributed by atoms with van der Waals surface area (Å²) < 4.78 is 0. The number of hydrogen-bond acceptors (Lipinski definition) is 4. The Labute approximate surface area is 139 Å². The van der Waals surface area contributed by atoms with Gasteiger partial charge in [-0.1, -0.05) is 49.0 Å². The van der Waals surface area contributed by atoms with E-state index >= 15 is 0 Å². The van der Waals surface area contributed by atoms with Crippen molar-refractivity contribution in [3.8, 4) is 5.75 Å². The second-order valence-electron chi connectivity index (χ2n) is 5.23. The van der Waals surface area contributed by atoms with Gasteiger partial charge >= 0.3 is 0 Å². The van der Waals surface area contributed by atoms with Crippen LogP contribution < -0.4 is 10.6 Å². The molecule has 1 amide bonds. The second-order valence-corrected chi connectivity index (χ2v) is 6.38. The molecular weight excluding hydrogens is 308 g/mol. The first-order valence-electron chi connectivity index (χ1n) is 7.48. The van der Waals surface area contributed by atoms with Gasteiger partial charge in [-0.25, -0.2) is 0 Å². The van der Waals surface area contributed by atoms with Crippen molar-refractivity contribution in [2.45, 2.75) is 18.8 Å². The fourth-order valence-electron chi connectivity index (χ4n) is 2.30. The molecule has 0 aliphatic carbocycles. The van der Waals surface area contributed by atoms with Crippen LogP contribution in [0.25, 0.3) is 6.08 Å². The molecular formula is C18H18N2O2S. The van der Waals surface area contributed by atoms with Crippen molar-refractivity contribution in [3.63, 3.8) is 0 Å². The molecule has 3 rings (SSSR count). The van der Waals surface area contributed by atoms with Gasteiger partial charge in [0.05, 0.1) is 4.91 Å². The number of anilines is 1. The van der Waals surface area contributed by atoms with Crippen molar-refractivity contribution < 1.29 is 9.90 Å². The zero-order chi connectivity index (χ0) is 16.2. The van der Waals surface area contributed by atoms with E-state index in [1.165, 1.54) is 17.3 Å². The Hall–Kier alpha value is -2.40. The van der Waals surface area contributed by atoms with E-state index in [-0.39, 0.29) is 17.2 Å². The molecule has 0 unspecified atom stereocenters. The number of aromatic hydroxyl groups is 1. The highest BCUT2D eigenvalue weighted by Crippen LogP contribution is 2.31. The van der Waals surface area contributed by atoms with Crippen molar-refractivity contribution in [1.82, 2.24) is 5.32 Å². The molecule has 0 bridgehead atoms. The van der Waals surface area contributed by atoms with E-state index in [0.29, 0.717) is 10.5 Å². The van der Waals surface area contributed by atoms with E-state index in [0.717, 1.165) is 12.1 Å². The maximum Gasteiger partial charge on any atom is 0.260 e. The highest BCUT2D eigenvalue weighted by molar-refractivity contribution is 8.05. The quantitative estimate of drug-likeness (QED) is 0.752. The number of para-hydroxylation sites is 1. The Bertz CT molecular complexity index is 741. The molecule has 1 aliphatic rings. The SMILES string of the molecule is CCc1ccc(N[C@H]2NC(=O)/C(=C/c3ccccc3O)S2)cc1. The normalized spacial score (nSPS) is 18.9. The van der Waals surface area contributed by atoms with E-state index in [1.54, 1.807) is 24.3 Å². The van der Waals surface area contributed by atoms with Gasteiger partial charge < -0.3 is 15.7 Å². The maximum absolute atomic E-state index is 12.1. The number of hydrogen-bond donors (Lipinski definition) is 3. The van der Waals surface area contributed by atoms with Gasteiger partial charge in [0.25, 0.3) is 5.91 Å². The number of amides is 1. The van der Waals surface area contributed by atoms with Crippen LogP contribution in [0.15, 0.2) is 53.4 Å². The van der Waals surface area contributed by atoms with Crippen molar-refractivity contribution in [1.29, 1.82) is 0 Å². The Kier molecular flexibility index (Phi) is 4.57. The summed E-state index contributed by atoms with van der Waals surface area (Å²) in [5.74, 6) is 0.0286. The van der Waals surface area contributed by atoms with Gasteiger partial charge in [0, 0.05) is 11.3 Å². The predicted octanol–water partition coefficient (Wildman–Crippen LogP) is 3.55. The molecule has 1 fully saturated rings. The summed E-state index contributed by atoms with van der Waals surface area (Å²) in [7, 11) is 0. The van der Waals surface area contributed by atoms with Crippen molar-refractivity contribution >= 4 is 29.4 Å². The zero-order valence-electron chi connectivity index (χ0n) is 12.7. The van der Waals surface area contributed by atoms with Gasteiger partial charge in [-0.3, -0.25) is 4.79 Å². The lowest BCUT2D eigenvalue weighted by Gasteiger charge is -2.12. The number of carbonyl (C=O) groups is 1. The van der Waals surface area contributed by atoms with E-state index in [4.69, 9.17) is 0 Å². The van der Waals surface area contributed by atoms with Crippen LogP contribution in [0.3, 0.4) is 0 Å². The van der Waals surface area contributed by atoms with Crippen LogP contribution in [-0.2, 0) is 11.2 Å². The van der Waals surface area contributed by atoms with E-state index in [1.807, 2.05) is 18.2 Å². The number of phenols is 1. The van der Waals surface area contributed by atoms with Gasteiger partial charge in [0.2, 0.25) is 0 Å².